The van der Waals surface area contributed by atoms with Crippen LogP contribution in [-0.4, -0.2) is 11.8 Å². The van der Waals surface area contributed by atoms with Crippen LogP contribution in [0.1, 0.15) is 44.6 Å². The quantitative estimate of drug-likeness (QED) is 0.736. The van der Waals surface area contributed by atoms with Crippen molar-refractivity contribution in [1.29, 1.82) is 0 Å². The predicted octanol–water partition coefficient (Wildman–Crippen LogP) is 4.01. The number of carbonyl (C=O) groups excluding carboxylic acids is 2. The topological polar surface area (TPSA) is 43.4 Å². The van der Waals surface area contributed by atoms with Gasteiger partial charge in [-0.1, -0.05) is 37.6 Å². The molecule has 1 aliphatic heterocycles. The molecule has 0 saturated heterocycles. The lowest BCUT2D eigenvalue weighted by atomic mass is 9.71. The number of allylic oxidation sites excluding steroid dienone is 2. The Morgan fingerprint density at radius 3 is 2.71 bits per heavy atom. The first-order valence-corrected chi connectivity index (χ1v) is 7.46. The number of ketones is 1. The molecule has 0 spiro atoms. The normalized spacial score (nSPS) is 24.6. The molecule has 0 amide bonds. The molecule has 1 aromatic rings. The van der Waals surface area contributed by atoms with Gasteiger partial charge in [-0.15, -0.1) is 0 Å². The molecule has 0 N–H and O–H groups in total. The third-order valence-corrected chi connectivity index (χ3v) is 4.32. The van der Waals surface area contributed by atoms with Crippen LogP contribution in [0.25, 0.3) is 0 Å². The summed E-state index contributed by atoms with van der Waals surface area (Å²) in [6, 6.07) is 7.36. The molecule has 0 bridgehead atoms. The van der Waals surface area contributed by atoms with Crippen molar-refractivity contribution in [3.63, 3.8) is 0 Å². The molecule has 2 aliphatic rings. The number of esters is 1. The van der Waals surface area contributed by atoms with Crippen molar-refractivity contribution in [2.75, 3.05) is 0 Å². The lowest BCUT2D eigenvalue weighted by Crippen LogP contribution is -2.33. The highest BCUT2D eigenvalue weighted by Crippen LogP contribution is 2.45. The van der Waals surface area contributed by atoms with Gasteiger partial charge in [-0.2, -0.15) is 0 Å². The Labute approximate surface area is 128 Å². The van der Waals surface area contributed by atoms with E-state index in [-0.39, 0.29) is 29.5 Å². The highest BCUT2D eigenvalue weighted by atomic mass is 35.5. The Morgan fingerprint density at radius 1 is 1.24 bits per heavy atom. The highest BCUT2D eigenvalue weighted by molar-refractivity contribution is 6.30. The van der Waals surface area contributed by atoms with Gasteiger partial charge in [0, 0.05) is 29.4 Å². The van der Waals surface area contributed by atoms with Gasteiger partial charge in [0.25, 0.3) is 0 Å². The molecule has 0 aromatic heterocycles. The molecule has 3 rings (SSSR count). The third-order valence-electron chi connectivity index (χ3n) is 4.09. The standard InChI is InChI=1S/C17H17ClO3/c1-17(2)8-13(19)16-12(7-15(20)21-14(16)9-17)10-4-3-5-11(18)6-10/h3-6,12H,7-9H2,1-2H3/t12-/m1/s1. The summed E-state index contributed by atoms with van der Waals surface area (Å²) >= 11 is 6.04. The Kier molecular flexibility index (Phi) is 3.40. The van der Waals surface area contributed by atoms with E-state index >= 15 is 0 Å². The molecule has 0 unspecified atom stereocenters. The summed E-state index contributed by atoms with van der Waals surface area (Å²) < 4.78 is 5.37. The second-order valence-corrected chi connectivity index (χ2v) is 7.00. The van der Waals surface area contributed by atoms with Gasteiger partial charge in [0.2, 0.25) is 0 Å². The molecule has 1 aliphatic carbocycles. The zero-order valence-corrected chi connectivity index (χ0v) is 12.9. The lowest BCUT2D eigenvalue weighted by molar-refractivity contribution is -0.142. The average molecular weight is 305 g/mol. The summed E-state index contributed by atoms with van der Waals surface area (Å²) in [7, 11) is 0. The van der Waals surface area contributed by atoms with Gasteiger partial charge >= 0.3 is 5.97 Å². The number of benzene rings is 1. The van der Waals surface area contributed by atoms with E-state index in [1.807, 2.05) is 32.0 Å². The van der Waals surface area contributed by atoms with Crippen molar-refractivity contribution in [3.8, 4) is 0 Å². The van der Waals surface area contributed by atoms with Crippen LogP contribution in [0.15, 0.2) is 35.6 Å². The van der Waals surface area contributed by atoms with Gasteiger partial charge in [0.1, 0.15) is 5.76 Å². The fourth-order valence-corrected chi connectivity index (χ4v) is 3.41. The number of halogens is 1. The van der Waals surface area contributed by atoms with Crippen LogP contribution in [0.2, 0.25) is 5.02 Å². The summed E-state index contributed by atoms with van der Waals surface area (Å²) in [6.07, 6.45) is 1.31. The Morgan fingerprint density at radius 2 is 2.00 bits per heavy atom. The minimum absolute atomic E-state index is 0.0822. The van der Waals surface area contributed by atoms with Crippen LogP contribution in [0.4, 0.5) is 0 Å². The first-order chi connectivity index (χ1) is 9.85. The lowest BCUT2D eigenvalue weighted by Gasteiger charge is -2.36. The molecule has 0 radical (unpaired) electrons. The monoisotopic (exact) mass is 304 g/mol. The van der Waals surface area contributed by atoms with Crippen LogP contribution >= 0.6 is 11.6 Å². The van der Waals surface area contributed by atoms with E-state index in [0.717, 1.165) is 5.56 Å². The van der Waals surface area contributed by atoms with Crippen molar-refractivity contribution >= 4 is 23.4 Å². The van der Waals surface area contributed by atoms with Crippen molar-refractivity contribution in [1.82, 2.24) is 0 Å². The highest BCUT2D eigenvalue weighted by Gasteiger charge is 2.42. The minimum atomic E-state index is -0.274. The van der Waals surface area contributed by atoms with Crippen molar-refractivity contribution in [3.05, 3.63) is 46.2 Å². The van der Waals surface area contributed by atoms with E-state index < -0.39 is 0 Å². The Balaban J connectivity index is 2.08. The fourth-order valence-electron chi connectivity index (χ4n) is 3.21. The fraction of sp³-hybridized carbons (Fsp3) is 0.412. The number of Topliss-reactive ketones (excluding diaryl/α,β-unsaturated/α-hetero) is 1. The van der Waals surface area contributed by atoms with Gasteiger partial charge in [-0.25, -0.2) is 0 Å². The van der Waals surface area contributed by atoms with Crippen LogP contribution in [0.5, 0.6) is 0 Å². The molecule has 0 fully saturated rings. The zero-order valence-electron chi connectivity index (χ0n) is 12.1. The van der Waals surface area contributed by atoms with E-state index in [1.165, 1.54) is 0 Å². The molecule has 0 saturated carbocycles. The Bertz CT molecular complexity index is 658. The van der Waals surface area contributed by atoms with Gasteiger partial charge in [-0.05, 0) is 23.1 Å². The van der Waals surface area contributed by atoms with Crippen molar-refractivity contribution in [2.24, 2.45) is 5.41 Å². The van der Waals surface area contributed by atoms with Crippen molar-refractivity contribution < 1.29 is 14.3 Å². The third kappa shape index (κ3) is 2.75. The molecule has 1 atom stereocenters. The maximum Gasteiger partial charge on any atom is 0.311 e. The Hall–Kier alpha value is -1.61. The van der Waals surface area contributed by atoms with Crippen LogP contribution < -0.4 is 0 Å². The van der Waals surface area contributed by atoms with E-state index in [0.29, 0.717) is 29.2 Å². The molecule has 4 heteroatoms. The van der Waals surface area contributed by atoms with Gasteiger partial charge in [-0.3, -0.25) is 9.59 Å². The first kappa shape index (κ1) is 14.3. The molecule has 1 heterocycles. The predicted molar refractivity (Wildman–Crippen MR) is 80.0 cm³/mol. The summed E-state index contributed by atoms with van der Waals surface area (Å²) in [4.78, 5) is 24.4. The summed E-state index contributed by atoms with van der Waals surface area (Å²) in [5.74, 6) is 0.129. The molecule has 21 heavy (non-hydrogen) atoms. The maximum atomic E-state index is 12.5. The van der Waals surface area contributed by atoms with Gasteiger partial charge in [0.15, 0.2) is 5.78 Å². The SMILES string of the molecule is CC1(C)CC(=O)C2=C(C1)OC(=O)C[C@@H]2c1cccc(Cl)c1. The van der Waals surface area contributed by atoms with Gasteiger partial charge < -0.3 is 4.74 Å². The molecule has 110 valence electrons. The van der Waals surface area contributed by atoms with Crippen LogP contribution in [-0.2, 0) is 14.3 Å². The second-order valence-electron chi connectivity index (χ2n) is 6.56. The second kappa shape index (κ2) is 4.99. The van der Waals surface area contributed by atoms with Crippen molar-refractivity contribution in [2.45, 2.75) is 39.0 Å². The average Bonchev–Trinajstić information content (AvgIpc) is 2.35. The largest absolute Gasteiger partial charge is 0.431 e. The maximum absolute atomic E-state index is 12.5. The molecular weight excluding hydrogens is 288 g/mol. The first-order valence-electron chi connectivity index (χ1n) is 7.08. The number of ether oxygens (including phenoxy) is 1. The van der Waals surface area contributed by atoms with E-state index in [2.05, 4.69) is 0 Å². The van der Waals surface area contributed by atoms with Crippen LogP contribution in [0, 0.1) is 5.41 Å². The van der Waals surface area contributed by atoms with Crippen LogP contribution in [0.3, 0.4) is 0 Å². The zero-order chi connectivity index (χ0) is 15.2. The molecular formula is C17H17ClO3. The number of carbonyl (C=O) groups is 2. The summed E-state index contributed by atoms with van der Waals surface area (Å²) in [5.41, 5.74) is 1.41. The van der Waals surface area contributed by atoms with E-state index in [4.69, 9.17) is 16.3 Å². The van der Waals surface area contributed by atoms with E-state index in [1.54, 1.807) is 6.07 Å². The minimum Gasteiger partial charge on any atom is -0.431 e. The number of hydrogen-bond donors (Lipinski definition) is 0. The van der Waals surface area contributed by atoms with Gasteiger partial charge in [0.05, 0.1) is 6.42 Å². The summed E-state index contributed by atoms with van der Waals surface area (Å²) in [5, 5.41) is 0.608. The number of rotatable bonds is 1. The summed E-state index contributed by atoms with van der Waals surface area (Å²) in [6.45, 7) is 4.04. The molecule has 3 nitrogen and oxygen atoms in total. The van der Waals surface area contributed by atoms with E-state index in [9.17, 15) is 9.59 Å². The smallest absolute Gasteiger partial charge is 0.311 e. The molecule has 1 aromatic carbocycles. The number of hydrogen-bond acceptors (Lipinski definition) is 3.